The number of esters is 1. The highest BCUT2D eigenvalue weighted by atomic mass is 35.5. The van der Waals surface area contributed by atoms with Gasteiger partial charge in [0.15, 0.2) is 5.78 Å². The van der Waals surface area contributed by atoms with Crippen molar-refractivity contribution < 1.29 is 65.2 Å². The first-order valence-electron chi connectivity index (χ1n) is 25.1. The molecule has 398 valence electrons. The number of amides is 2. The highest BCUT2D eigenvalue weighted by molar-refractivity contribution is 7.85. The summed E-state index contributed by atoms with van der Waals surface area (Å²) in [5.41, 5.74) is -3.37. The summed E-state index contributed by atoms with van der Waals surface area (Å²) in [6.07, 6.45) is 5.35. The zero-order valence-electron chi connectivity index (χ0n) is 42.8. The number of hydrogen-bond donors (Lipinski definition) is 1. The first-order chi connectivity index (χ1) is 34.2. The van der Waals surface area contributed by atoms with E-state index in [9.17, 15) is 42.5 Å². The molecule has 0 bridgehead atoms. The Kier molecular flexibility index (Phi) is 16.1. The van der Waals surface area contributed by atoms with E-state index in [1.165, 1.54) is 29.2 Å². The van der Waals surface area contributed by atoms with E-state index in [4.69, 9.17) is 39.5 Å². The number of ether oxygens (including phenoxy) is 5. The van der Waals surface area contributed by atoms with Crippen molar-refractivity contribution in [2.75, 3.05) is 13.2 Å². The predicted molar refractivity (Wildman–Crippen MR) is 267 cm³/mol. The summed E-state index contributed by atoms with van der Waals surface area (Å²) in [6.45, 7) is 15.1. The molecule has 5 atom stereocenters. The quantitative estimate of drug-likeness (QED) is 0.0508. The van der Waals surface area contributed by atoms with Crippen LogP contribution in [0.2, 0.25) is 5.02 Å². The average molecular weight is 1060 g/mol. The second-order valence-electron chi connectivity index (χ2n) is 21.9. The summed E-state index contributed by atoms with van der Waals surface area (Å²) < 4.78 is 61.3. The van der Waals surface area contributed by atoms with Crippen LogP contribution in [-0.2, 0) is 43.1 Å². The van der Waals surface area contributed by atoms with E-state index >= 15 is 0 Å². The molecule has 4 aliphatic carbocycles. The second-order valence-corrected chi connectivity index (χ2v) is 23.6. The molecule has 1 aliphatic heterocycles. The summed E-state index contributed by atoms with van der Waals surface area (Å²) >= 11 is 6.52. The van der Waals surface area contributed by atoms with Crippen molar-refractivity contribution in [2.45, 2.75) is 168 Å². The lowest BCUT2D eigenvalue weighted by Gasteiger charge is -2.39. The number of nitrogens with one attached hydrogen (secondary N) is 1. The fraction of sp³-hybridized carbons (Fsp3) is 0.615. The number of rotatable bonds is 19. The molecule has 2 amide bonds. The van der Waals surface area contributed by atoms with Crippen LogP contribution in [0.5, 0.6) is 17.4 Å². The van der Waals surface area contributed by atoms with Gasteiger partial charge < -0.3 is 28.6 Å². The molecule has 19 nitrogen and oxygen atoms in total. The number of carbonyl (C=O) groups excluding carboxylic acids is 5. The van der Waals surface area contributed by atoms with Crippen molar-refractivity contribution in [1.82, 2.24) is 14.6 Å². The lowest BCUT2D eigenvalue weighted by molar-refractivity contribution is -0.384. The zero-order chi connectivity index (χ0) is 53.3. The predicted octanol–water partition coefficient (Wildman–Crippen LogP) is 9.53. The molecule has 1 saturated heterocycles. The average Bonchev–Trinajstić information content (AvgIpc) is 4.15. The van der Waals surface area contributed by atoms with Gasteiger partial charge in [-0.2, -0.15) is 8.42 Å². The number of non-ortho nitro benzene ring substituents is 1. The van der Waals surface area contributed by atoms with Gasteiger partial charge in [-0.3, -0.25) is 29.3 Å². The Bertz CT molecular complexity index is 2720. The maximum Gasteiger partial charge on any atom is 0.514 e. The minimum Gasteiger partial charge on any atom is -0.488 e. The van der Waals surface area contributed by atoms with E-state index in [0.29, 0.717) is 59.8 Å². The largest absolute Gasteiger partial charge is 0.514 e. The maximum absolute atomic E-state index is 14.7. The summed E-state index contributed by atoms with van der Waals surface area (Å²) in [4.78, 5) is 83.7. The van der Waals surface area contributed by atoms with E-state index < -0.39 is 90.6 Å². The number of benzene rings is 2. The van der Waals surface area contributed by atoms with Gasteiger partial charge in [-0.05, 0) is 121 Å². The van der Waals surface area contributed by atoms with Crippen molar-refractivity contribution in [2.24, 2.45) is 22.7 Å². The first kappa shape index (κ1) is 55.2. The fourth-order valence-electron chi connectivity index (χ4n) is 9.73. The third kappa shape index (κ3) is 13.4. The van der Waals surface area contributed by atoms with Crippen LogP contribution in [-0.4, -0.2) is 95.0 Å². The lowest BCUT2D eigenvalue weighted by Crippen LogP contribution is -2.49. The van der Waals surface area contributed by atoms with Gasteiger partial charge >= 0.3 is 22.4 Å². The number of pyridine rings is 1. The van der Waals surface area contributed by atoms with E-state index in [2.05, 4.69) is 9.71 Å². The molecule has 21 heteroatoms. The number of hydrogen-bond acceptors (Lipinski definition) is 16. The van der Waals surface area contributed by atoms with Crippen LogP contribution in [0.1, 0.15) is 139 Å². The number of nitro benzene ring substituents is 1. The molecule has 5 fully saturated rings. The number of ketones is 1. The van der Waals surface area contributed by atoms with E-state index in [-0.39, 0.29) is 43.2 Å². The molecular formula is C52H67ClN4O15S. The Morgan fingerprint density at radius 2 is 1.58 bits per heavy atom. The highest BCUT2D eigenvalue weighted by Gasteiger charge is 2.62. The third-order valence-electron chi connectivity index (χ3n) is 14.9. The molecule has 0 spiro atoms. The van der Waals surface area contributed by atoms with Crippen molar-refractivity contribution in [3.63, 3.8) is 0 Å². The van der Waals surface area contributed by atoms with Gasteiger partial charge in [0.05, 0.1) is 58.0 Å². The van der Waals surface area contributed by atoms with Gasteiger partial charge in [0.1, 0.15) is 28.8 Å². The number of nitrogens with zero attached hydrogens (tertiary/aromatic N) is 3. The van der Waals surface area contributed by atoms with E-state index in [1.54, 1.807) is 25.1 Å². The Morgan fingerprint density at radius 1 is 0.932 bits per heavy atom. The number of Topliss-reactive ketones (excluding diaryl/α,β-unsaturated/α-hetero) is 1. The Morgan fingerprint density at radius 3 is 2.12 bits per heavy atom. The number of nitro groups is 1. The molecule has 73 heavy (non-hydrogen) atoms. The van der Waals surface area contributed by atoms with Crippen molar-refractivity contribution in [3.05, 3.63) is 63.7 Å². The van der Waals surface area contributed by atoms with Gasteiger partial charge in [0, 0.05) is 36.4 Å². The van der Waals surface area contributed by atoms with Crippen LogP contribution < -0.4 is 18.9 Å². The van der Waals surface area contributed by atoms with E-state index in [0.717, 1.165) is 38.5 Å². The standard InChI is InChI=1S/C40H54ClN3O10S.C12H13NO5/c1-8-24-21-40(24,36(48)43-55(49,50)54-39(7)16-17-39)22-30(45)29-18-25(52-31-20-32(51-9-2)42-34-26(31)12-10-13-28(34)41)23-44(29)35(47)27(37(3,4)5)19-33(46)53-38(6)14-11-15-38;1-12(7-2-8-12)18-11(14)17-10-5-3-9(4-6-10)13(15)16/h10,12-13,20,24-25,27,29H,8-9,11,14-19,21-23H2,1-7H3,(H,43,48);3-6H,2,7-8H2,1H3/t24-,25-,27-,29+,40-;/m1./s1. The first-order valence-corrected chi connectivity index (χ1v) is 26.8. The second kappa shape index (κ2) is 21.3. The molecule has 1 aromatic heterocycles. The number of fused-ring (bicyclic) bond motifs is 1. The zero-order valence-corrected chi connectivity index (χ0v) is 44.4. The molecule has 3 aromatic rings. The summed E-state index contributed by atoms with van der Waals surface area (Å²) in [7, 11) is -4.42. The molecule has 8 rings (SSSR count). The van der Waals surface area contributed by atoms with Crippen molar-refractivity contribution >= 4 is 68.2 Å². The van der Waals surface area contributed by atoms with Gasteiger partial charge in [-0.25, -0.2) is 18.7 Å². The summed E-state index contributed by atoms with van der Waals surface area (Å²) in [6, 6.07) is 11.2. The highest BCUT2D eigenvalue weighted by Crippen LogP contribution is 2.58. The number of likely N-dealkylation sites (tertiary alicyclic amines) is 1. The van der Waals surface area contributed by atoms with Gasteiger partial charge in [0.2, 0.25) is 17.7 Å². The van der Waals surface area contributed by atoms with Gasteiger partial charge in [-0.15, -0.1) is 0 Å². The minimum atomic E-state index is -4.42. The summed E-state index contributed by atoms with van der Waals surface area (Å²) in [5.74, 6) is -2.21. The Labute approximate surface area is 431 Å². The molecule has 2 heterocycles. The Balaban J connectivity index is 0.000000363. The number of halogens is 1. The molecule has 5 aliphatic rings. The number of para-hydroxylation sites is 1. The van der Waals surface area contributed by atoms with Crippen LogP contribution >= 0.6 is 11.6 Å². The Hall–Kier alpha value is -5.60. The molecule has 4 saturated carbocycles. The van der Waals surface area contributed by atoms with Crippen LogP contribution in [0.25, 0.3) is 10.9 Å². The van der Waals surface area contributed by atoms with Crippen molar-refractivity contribution in [3.8, 4) is 17.4 Å². The molecule has 0 unspecified atom stereocenters. The lowest BCUT2D eigenvalue weighted by atomic mass is 9.77. The minimum absolute atomic E-state index is 0.0140. The smallest absolute Gasteiger partial charge is 0.488 e. The van der Waals surface area contributed by atoms with Crippen LogP contribution in [0.4, 0.5) is 10.5 Å². The monoisotopic (exact) mass is 1050 g/mol. The van der Waals surface area contributed by atoms with Crippen LogP contribution in [0, 0.1) is 32.8 Å². The number of aromatic nitrogens is 1. The SMILES string of the molecule is CC1(OC(=O)Oc2ccc([N+](=O)[O-])cc2)CCC1.CCOc1cc(O[C@@H]2C[C@@H](C(=O)C[C@]3(C(=O)NS(=O)(=O)OC4(C)CC4)C[C@H]3CC)N(C(=O)[C@@H](CC(=O)OC3(C)CCC3)C(C)(C)C)C2)c2cccc(Cl)c2n1. The molecular weight excluding hydrogens is 988 g/mol. The topological polar surface area (TPSA) is 246 Å². The van der Waals surface area contributed by atoms with Gasteiger partial charge in [0.25, 0.3) is 5.69 Å². The molecule has 2 aromatic carbocycles. The van der Waals surface area contributed by atoms with E-state index in [1.807, 2.05) is 54.5 Å². The van der Waals surface area contributed by atoms with Crippen LogP contribution in [0.3, 0.4) is 0 Å². The maximum atomic E-state index is 14.7. The van der Waals surface area contributed by atoms with Crippen LogP contribution in [0.15, 0.2) is 48.5 Å². The number of carbonyl (C=O) groups is 5. The fourth-order valence-corrected chi connectivity index (χ4v) is 11.1. The summed E-state index contributed by atoms with van der Waals surface area (Å²) in [5, 5.41) is 11.5. The van der Waals surface area contributed by atoms with Gasteiger partial charge in [-0.1, -0.05) is 51.8 Å². The molecule has 1 N–H and O–H groups in total. The third-order valence-corrected chi connectivity index (χ3v) is 16.2. The molecule has 0 radical (unpaired) electrons. The van der Waals surface area contributed by atoms with Crippen molar-refractivity contribution in [1.29, 1.82) is 0 Å². The normalized spacial score (nSPS) is 23.5.